The normalized spacial score (nSPS) is 13.0. The molecule has 0 aliphatic carbocycles. The van der Waals surface area contributed by atoms with Crippen molar-refractivity contribution >= 4 is 62.5 Å². The number of nitrogens with zero attached hydrogens (tertiary/aromatic N) is 1. The highest BCUT2D eigenvalue weighted by molar-refractivity contribution is 7.92. The molecule has 0 unspecified atom stereocenters. The standard InChI is InChI=1S/C18H16N2O13S4/c1-9-3-10(2)16(8-15(9)20(21)22)34(23,24)19-14-6-12(35(25,26)27)4-11-5-13(36(28,29)30)7-17(18(11)14)37(31,32)33/h3-8,19H,1-2H3,(H,25,26,27)(H,28,29,30)(H,31,32,33). The largest absolute Gasteiger partial charge is 0.295 e. The van der Waals surface area contributed by atoms with E-state index >= 15 is 0 Å². The maximum Gasteiger partial charge on any atom is 0.295 e. The molecule has 0 heterocycles. The molecule has 200 valence electrons. The second-order valence-corrected chi connectivity index (χ2v) is 13.6. The van der Waals surface area contributed by atoms with Gasteiger partial charge in [0.2, 0.25) is 0 Å². The van der Waals surface area contributed by atoms with Crippen LogP contribution >= 0.6 is 0 Å². The van der Waals surface area contributed by atoms with Crippen molar-refractivity contribution in [1.82, 2.24) is 0 Å². The number of nitro benzene ring substituents is 1. The fourth-order valence-electron chi connectivity index (χ4n) is 3.51. The van der Waals surface area contributed by atoms with E-state index in [9.17, 15) is 57.4 Å². The van der Waals surface area contributed by atoms with Crippen LogP contribution in [0.4, 0.5) is 11.4 Å². The number of rotatable bonds is 7. The van der Waals surface area contributed by atoms with E-state index in [1.807, 2.05) is 4.72 Å². The van der Waals surface area contributed by atoms with Gasteiger partial charge >= 0.3 is 0 Å². The number of nitrogens with one attached hydrogen (secondary N) is 1. The van der Waals surface area contributed by atoms with Crippen LogP contribution in [-0.2, 0) is 40.4 Å². The molecule has 15 nitrogen and oxygen atoms in total. The Balaban J connectivity index is 2.47. The zero-order valence-corrected chi connectivity index (χ0v) is 21.7. The number of sulfonamides is 1. The molecule has 19 heteroatoms. The highest BCUT2D eigenvalue weighted by atomic mass is 32.2. The lowest BCUT2D eigenvalue weighted by Crippen LogP contribution is -2.16. The summed E-state index contributed by atoms with van der Waals surface area (Å²) in [4.78, 5) is 6.41. The Morgan fingerprint density at radius 2 is 1.22 bits per heavy atom. The first-order chi connectivity index (χ1) is 16.6. The predicted octanol–water partition coefficient (Wildman–Crippen LogP) is 1.91. The van der Waals surface area contributed by atoms with Crippen LogP contribution in [0.5, 0.6) is 0 Å². The second kappa shape index (κ2) is 8.97. The van der Waals surface area contributed by atoms with E-state index in [1.165, 1.54) is 19.9 Å². The maximum atomic E-state index is 13.2. The Bertz CT molecular complexity index is 1930. The molecule has 0 saturated heterocycles. The lowest BCUT2D eigenvalue weighted by Gasteiger charge is -2.16. The Kier molecular flexibility index (Phi) is 6.88. The van der Waals surface area contributed by atoms with E-state index in [0.29, 0.717) is 30.3 Å². The molecule has 0 saturated carbocycles. The summed E-state index contributed by atoms with van der Waals surface area (Å²) in [6.45, 7) is 2.64. The van der Waals surface area contributed by atoms with Crippen molar-refractivity contribution in [3.05, 3.63) is 57.6 Å². The summed E-state index contributed by atoms with van der Waals surface area (Å²) in [6, 6.07) is 3.79. The fourth-order valence-corrected chi connectivity index (χ4v) is 6.74. The third kappa shape index (κ3) is 5.71. The first-order valence-corrected chi connectivity index (χ1v) is 15.3. The summed E-state index contributed by atoms with van der Waals surface area (Å²) in [6.07, 6.45) is 0. The summed E-state index contributed by atoms with van der Waals surface area (Å²) in [5.74, 6) is 0. The average molecular weight is 597 g/mol. The zero-order valence-electron chi connectivity index (χ0n) is 18.5. The molecule has 37 heavy (non-hydrogen) atoms. The minimum Gasteiger partial charge on any atom is -0.282 e. The van der Waals surface area contributed by atoms with Gasteiger partial charge in [-0.05, 0) is 55.1 Å². The molecule has 0 aromatic heterocycles. The fraction of sp³-hybridized carbons (Fsp3) is 0.111. The molecule has 3 aromatic carbocycles. The van der Waals surface area contributed by atoms with E-state index in [-0.39, 0.29) is 11.1 Å². The molecule has 0 radical (unpaired) electrons. The van der Waals surface area contributed by atoms with Crippen molar-refractivity contribution < 1.29 is 52.3 Å². The van der Waals surface area contributed by atoms with Gasteiger partial charge in [-0.1, -0.05) is 0 Å². The van der Waals surface area contributed by atoms with Gasteiger partial charge in [0.15, 0.2) is 0 Å². The van der Waals surface area contributed by atoms with Crippen LogP contribution in [0.25, 0.3) is 10.8 Å². The minimum atomic E-state index is -5.35. The van der Waals surface area contributed by atoms with Crippen LogP contribution in [0.15, 0.2) is 56.0 Å². The number of anilines is 1. The summed E-state index contributed by atoms with van der Waals surface area (Å²) in [5, 5.41) is 9.90. The van der Waals surface area contributed by atoms with Crippen LogP contribution in [0.2, 0.25) is 0 Å². The summed E-state index contributed by atoms with van der Waals surface area (Å²) >= 11 is 0. The van der Waals surface area contributed by atoms with Crippen LogP contribution < -0.4 is 4.72 Å². The van der Waals surface area contributed by atoms with Crippen molar-refractivity contribution in [1.29, 1.82) is 0 Å². The van der Waals surface area contributed by atoms with Crippen molar-refractivity contribution in [2.24, 2.45) is 0 Å². The minimum absolute atomic E-state index is 0.00880. The van der Waals surface area contributed by atoms with Gasteiger partial charge in [-0.2, -0.15) is 25.3 Å². The smallest absolute Gasteiger partial charge is 0.282 e. The molecule has 4 N–H and O–H groups in total. The zero-order chi connectivity index (χ0) is 28.3. The molecule has 0 amide bonds. The number of aryl methyl sites for hydroxylation is 2. The third-order valence-electron chi connectivity index (χ3n) is 5.06. The Morgan fingerprint density at radius 3 is 1.68 bits per heavy atom. The first-order valence-electron chi connectivity index (χ1n) is 9.45. The highest BCUT2D eigenvalue weighted by Crippen LogP contribution is 2.37. The summed E-state index contributed by atoms with van der Waals surface area (Å²) in [5.41, 5.74) is -1.33. The number of fused-ring (bicyclic) bond motifs is 1. The number of benzene rings is 3. The van der Waals surface area contributed by atoms with Gasteiger partial charge in [-0.3, -0.25) is 28.5 Å². The predicted molar refractivity (Wildman–Crippen MR) is 127 cm³/mol. The van der Waals surface area contributed by atoms with Crippen LogP contribution in [0.3, 0.4) is 0 Å². The van der Waals surface area contributed by atoms with Crippen LogP contribution in [0, 0.1) is 24.0 Å². The maximum absolute atomic E-state index is 13.2. The first kappa shape index (κ1) is 28.4. The monoisotopic (exact) mass is 596 g/mol. The van der Waals surface area contributed by atoms with Gasteiger partial charge in [0, 0.05) is 17.0 Å². The van der Waals surface area contributed by atoms with Crippen molar-refractivity contribution in [2.75, 3.05) is 4.72 Å². The lowest BCUT2D eigenvalue weighted by atomic mass is 10.1. The van der Waals surface area contributed by atoms with Crippen molar-refractivity contribution in [3.63, 3.8) is 0 Å². The molecular formula is C18H16N2O13S4. The average Bonchev–Trinajstić information content (AvgIpc) is 2.69. The van der Waals surface area contributed by atoms with Crippen molar-refractivity contribution in [2.45, 2.75) is 33.4 Å². The van der Waals surface area contributed by atoms with Crippen LogP contribution in [-0.4, -0.2) is 52.3 Å². The number of hydrogen-bond acceptors (Lipinski definition) is 10. The molecule has 0 atom stereocenters. The molecular weight excluding hydrogens is 580 g/mol. The lowest BCUT2D eigenvalue weighted by molar-refractivity contribution is -0.385. The number of hydrogen-bond donors (Lipinski definition) is 4. The quantitative estimate of drug-likeness (QED) is 0.173. The Morgan fingerprint density at radius 1 is 0.703 bits per heavy atom. The van der Waals surface area contributed by atoms with Crippen molar-refractivity contribution in [3.8, 4) is 0 Å². The Labute approximate surface area is 210 Å². The molecule has 3 aromatic rings. The molecule has 0 bridgehead atoms. The SMILES string of the molecule is Cc1cc(C)c(S(=O)(=O)Nc2cc(S(=O)(=O)O)cc3cc(S(=O)(=O)O)cc(S(=O)(=O)O)c23)cc1[N+](=O)[O-]. The molecule has 0 fully saturated rings. The highest BCUT2D eigenvalue weighted by Gasteiger charge is 2.28. The number of nitro groups is 1. The van der Waals surface area contributed by atoms with Gasteiger partial charge in [0.05, 0.1) is 25.3 Å². The van der Waals surface area contributed by atoms with Gasteiger partial charge in [-0.25, -0.2) is 8.42 Å². The molecule has 0 aliphatic rings. The van der Waals surface area contributed by atoms with E-state index in [0.717, 1.165) is 0 Å². The van der Waals surface area contributed by atoms with Gasteiger partial charge in [0.25, 0.3) is 46.1 Å². The molecule has 0 aliphatic heterocycles. The third-order valence-corrected chi connectivity index (χ3v) is 9.11. The van der Waals surface area contributed by atoms with E-state index in [4.69, 9.17) is 0 Å². The summed E-state index contributed by atoms with van der Waals surface area (Å²) < 4.78 is 128. The topological polar surface area (TPSA) is 252 Å². The second-order valence-electron chi connectivity index (χ2n) is 7.68. The van der Waals surface area contributed by atoms with E-state index in [1.54, 1.807) is 0 Å². The summed E-state index contributed by atoms with van der Waals surface area (Å²) in [7, 11) is -20.4. The van der Waals surface area contributed by atoms with Gasteiger partial charge < -0.3 is 0 Å². The Hall–Kier alpha value is -3.20. The van der Waals surface area contributed by atoms with Gasteiger partial charge in [-0.15, -0.1) is 0 Å². The van der Waals surface area contributed by atoms with Gasteiger partial charge in [0.1, 0.15) is 4.90 Å². The van der Waals surface area contributed by atoms with E-state index < -0.39 is 87.0 Å². The molecule has 3 rings (SSSR count). The van der Waals surface area contributed by atoms with E-state index in [2.05, 4.69) is 0 Å². The molecule has 0 spiro atoms. The van der Waals surface area contributed by atoms with Crippen LogP contribution in [0.1, 0.15) is 11.1 Å².